The van der Waals surface area contributed by atoms with E-state index in [2.05, 4.69) is 29.6 Å². The molecule has 1 fully saturated rings. The molecule has 0 spiro atoms. The predicted molar refractivity (Wildman–Crippen MR) is 99.2 cm³/mol. The summed E-state index contributed by atoms with van der Waals surface area (Å²) in [4.78, 5) is 16.3. The van der Waals surface area contributed by atoms with Crippen LogP contribution in [0.1, 0.15) is 34.1 Å². The number of likely N-dealkylation sites (tertiary alicyclic amines) is 1. The van der Waals surface area contributed by atoms with E-state index in [1.54, 1.807) is 11.3 Å². The number of carbonyl (C=O) groups is 1. The lowest BCUT2D eigenvalue weighted by atomic mass is 10.0. The monoisotopic (exact) mass is 333 g/mol. The lowest BCUT2D eigenvalue weighted by Gasteiger charge is -2.24. The van der Waals surface area contributed by atoms with Gasteiger partial charge in [-0.2, -0.15) is 0 Å². The van der Waals surface area contributed by atoms with Crippen molar-refractivity contribution in [1.29, 1.82) is 0 Å². The molecule has 120 valence electrons. The van der Waals surface area contributed by atoms with Crippen LogP contribution in [0.15, 0.2) is 72.1 Å². The molecule has 1 aliphatic rings. The summed E-state index contributed by atoms with van der Waals surface area (Å²) in [6, 6.07) is 22.7. The van der Waals surface area contributed by atoms with Crippen molar-refractivity contribution in [2.75, 3.05) is 6.54 Å². The number of hydrogen-bond acceptors (Lipinski definition) is 2. The standard InChI is InChI=1S/C21H19NOS/c23-21(22-14-4-8-19(22)20-9-5-15-24-20)18-12-10-17(11-13-18)16-6-2-1-3-7-16/h1-3,5-7,9-13,15,19H,4,8,14H2/t19-/m1/s1. The number of nitrogens with zero attached hydrogens (tertiary/aromatic N) is 1. The van der Waals surface area contributed by atoms with Gasteiger partial charge in [-0.1, -0.05) is 48.5 Å². The first-order chi connectivity index (χ1) is 11.8. The zero-order chi connectivity index (χ0) is 16.4. The molecule has 0 bridgehead atoms. The lowest BCUT2D eigenvalue weighted by Crippen LogP contribution is -2.30. The first kappa shape index (κ1) is 15.2. The van der Waals surface area contributed by atoms with Crippen molar-refractivity contribution >= 4 is 17.2 Å². The third kappa shape index (κ3) is 2.87. The maximum absolute atomic E-state index is 12.9. The van der Waals surface area contributed by atoms with Gasteiger partial charge in [0.05, 0.1) is 6.04 Å². The Balaban J connectivity index is 1.56. The van der Waals surface area contributed by atoms with Crippen LogP contribution in [0.5, 0.6) is 0 Å². The van der Waals surface area contributed by atoms with Gasteiger partial charge in [-0.05, 0) is 47.5 Å². The predicted octanol–water partition coefficient (Wildman–Crippen LogP) is 5.39. The number of carbonyl (C=O) groups excluding carboxylic acids is 1. The first-order valence-electron chi connectivity index (χ1n) is 8.33. The van der Waals surface area contributed by atoms with Gasteiger partial charge in [-0.15, -0.1) is 11.3 Å². The topological polar surface area (TPSA) is 20.3 Å². The second-order valence-corrected chi connectivity index (χ2v) is 7.09. The minimum atomic E-state index is 0.144. The van der Waals surface area contributed by atoms with E-state index in [-0.39, 0.29) is 11.9 Å². The molecule has 0 unspecified atom stereocenters. The molecule has 0 saturated carbocycles. The second-order valence-electron chi connectivity index (χ2n) is 6.12. The van der Waals surface area contributed by atoms with Crippen molar-refractivity contribution in [3.8, 4) is 11.1 Å². The van der Waals surface area contributed by atoms with Gasteiger partial charge in [-0.25, -0.2) is 0 Å². The number of hydrogen-bond donors (Lipinski definition) is 0. The molecule has 3 aromatic rings. The molecule has 1 aromatic heterocycles. The molecule has 1 amide bonds. The van der Waals surface area contributed by atoms with Gasteiger partial charge >= 0.3 is 0 Å². The summed E-state index contributed by atoms with van der Waals surface area (Å²) < 4.78 is 0. The highest BCUT2D eigenvalue weighted by atomic mass is 32.1. The van der Waals surface area contributed by atoms with Crippen LogP contribution in [-0.2, 0) is 0 Å². The van der Waals surface area contributed by atoms with Crippen LogP contribution >= 0.6 is 11.3 Å². The molecule has 1 saturated heterocycles. The van der Waals surface area contributed by atoms with E-state index in [0.29, 0.717) is 0 Å². The van der Waals surface area contributed by atoms with Gasteiger partial charge < -0.3 is 4.90 Å². The Morgan fingerprint density at radius 1 is 0.917 bits per heavy atom. The molecule has 0 radical (unpaired) electrons. The van der Waals surface area contributed by atoms with Crippen molar-refractivity contribution in [2.45, 2.75) is 18.9 Å². The molecule has 1 atom stereocenters. The van der Waals surface area contributed by atoms with Gasteiger partial charge in [0, 0.05) is 17.0 Å². The largest absolute Gasteiger partial charge is 0.331 e. The van der Waals surface area contributed by atoms with Crippen LogP contribution in [-0.4, -0.2) is 17.4 Å². The zero-order valence-electron chi connectivity index (χ0n) is 13.4. The Labute approximate surface area is 146 Å². The second kappa shape index (κ2) is 6.62. The lowest BCUT2D eigenvalue weighted by molar-refractivity contribution is 0.0738. The van der Waals surface area contributed by atoms with Gasteiger partial charge in [0.15, 0.2) is 0 Å². The van der Waals surface area contributed by atoms with E-state index in [0.717, 1.165) is 30.5 Å². The molecular formula is C21H19NOS. The van der Waals surface area contributed by atoms with Crippen LogP contribution in [0, 0.1) is 0 Å². The summed E-state index contributed by atoms with van der Waals surface area (Å²) in [5.74, 6) is 0.144. The summed E-state index contributed by atoms with van der Waals surface area (Å²) in [6.07, 6.45) is 2.14. The summed E-state index contributed by atoms with van der Waals surface area (Å²) in [5, 5.41) is 2.09. The van der Waals surface area contributed by atoms with Gasteiger partial charge in [0.1, 0.15) is 0 Å². The molecule has 2 nitrogen and oxygen atoms in total. The molecule has 3 heteroatoms. The van der Waals surface area contributed by atoms with E-state index in [4.69, 9.17) is 0 Å². The molecule has 2 heterocycles. The maximum Gasteiger partial charge on any atom is 0.254 e. The summed E-state index contributed by atoms with van der Waals surface area (Å²) in [7, 11) is 0. The zero-order valence-corrected chi connectivity index (χ0v) is 14.2. The third-order valence-electron chi connectivity index (χ3n) is 4.62. The van der Waals surface area contributed by atoms with Crippen LogP contribution in [0.2, 0.25) is 0 Å². The number of benzene rings is 2. The first-order valence-corrected chi connectivity index (χ1v) is 9.21. The van der Waals surface area contributed by atoms with E-state index in [1.165, 1.54) is 10.4 Å². The van der Waals surface area contributed by atoms with Gasteiger partial charge in [0.25, 0.3) is 5.91 Å². The SMILES string of the molecule is O=C(c1ccc(-c2ccccc2)cc1)N1CCC[C@@H]1c1cccs1. The van der Waals surface area contributed by atoms with Crippen molar-refractivity contribution in [2.24, 2.45) is 0 Å². The maximum atomic E-state index is 12.9. The average Bonchev–Trinajstić information content (AvgIpc) is 3.33. The number of rotatable bonds is 3. The minimum Gasteiger partial charge on any atom is -0.331 e. The minimum absolute atomic E-state index is 0.144. The summed E-state index contributed by atoms with van der Waals surface area (Å²) in [6.45, 7) is 0.849. The van der Waals surface area contributed by atoms with Crippen LogP contribution in [0.25, 0.3) is 11.1 Å². The Hall–Kier alpha value is -2.39. The van der Waals surface area contributed by atoms with Crippen molar-refractivity contribution in [3.05, 3.63) is 82.6 Å². The normalized spacial score (nSPS) is 17.2. The fraction of sp³-hybridized carbons (Fsp3) is 0.190. The Morgan fingerprint density at radius 3 is 2.38 bits per heavy atom. The fourth-order valence-electron chi connectivity index (χ4n) is 3.39. The Morgan fingerprint density at radius 2 is 1.67 bits per heavy atom. The van der Waals surface area contributed by atoms with Gasteiger partial charge in [0.2, 0.25) is 0 Å². The van der Waals surface area contributed by atoms with Crippen molar-refractivity contribution in [1.82, 2.24) is 4.90 Å². The quantitative estimate of drug-likeness (QED) is 0.629. The van der Waals surface area contributed by atoms with E-state index >= 15 is 0 Å². The molecule has 1 aliphatic heterocycles. The summed E-state index contributed by atoms with van der Waals surface area (Å²) in [5.41, 5.74) is 3.09. The van der Waals surface area contributed by atoms with Crippen LogP contribution < -0.4 is 0 Å². The van der Waals surface area contributed by atoms with Crippen LogP contribution in [0.3, 0.4) is 0 Å². The molecule has 0 aliphatic carbocycles. The Kier molecular flexibility index (Phi) is 4.18. The number of thiophene rings is 1. The number of amides is 1. The molecule has 4 rings (SSSR count). The summed E-state index contributed by atoms with van der Waals surface area (Å²) >= 11 is 1.74. The highest BCUT2D eigenvalue weighted by Crippen LogP contribution is 2.35. The fourth-order valence-corrected chi connectivity index (χ4v) is 4.26. The van der Waals surface area contributed by atoms with Crippen LogP contribution in [0.4, 0.5) is 0 Å². The van der Waals surface area contributed by atoms with Crippen molar-refractivity contribution < 1.29 is 4.79 Å². The Bertz CT molecular complexity index is 809. The van der Waals surface area contributed by atoms with E-state index < -0.39 is 0 Å². The molecular weight excluding hydrogens is 314 g/mol. The average molecular weight is 333 g/mol. The smallest absolute Gasteiger partial charge is 0.254 e. The highest BCUT2D eigenvalue weighted by Gasteiger charge is 2.31. The highest BCUT2D eigenvalue weighted by molar-refractivity contribution is 7.10. The third-order valence-corrected chi connectivity index (χ3v) is 5.60. The molecule has 2 aromatic carbocycles. The van der Waals surface area contributed by atoms with E-state index in [9.17, 15) is 4.79 Å². The van der Waals surface area contributed by atoms with Crippen molar-refractivity contribution in [3.63, 3.8) is 0 Å². The molecule has 24 heavy (non-hydrogen) atoms. The van der Waals surface area contributed by atoms with Gasteiger partial charge in [-0.3, -0.25) is 4.79 Å². The molecule has 0 N–H and O–H groups in total. The van der Waals surface area contributed by atoms with E-state index in [1.807, 2.05) is 47.4 Å².